The van der Waals surface area contributed by atoms with Crippen molar-refractivity contribution in [2.45, 2.75) is 72.0 Å². The minimum Gasteiger partial charge on any atom is -0.392 e. The first-order valence-corrected chi connectivity index (χ1v) is 11.4. The topological polar surface area (TPSA) is 99.4 Å². The first kappa shape index (κ1) is 23.7. The third kappa shape index (κ3) is 4.93. The lowest BCUT2D eigenvalue weighted by molar-refractivity contribution is -0.141. The van der Waals surface area contributed by atoms with Crippen molar-refractivity contribution in [3.05, 3.63) is 23.3 Å². The lowest BCUT2D eigenvalue weighted by Crippen LogP contribution is -2.54. The molecule has 3 aliphatic rings. The van der Waals surface area contributed by atoms with Crippen LogP contribution in [0.2, 0.25) is 0 Å². The summed E-state index contributed by atoms with van der Waals surface area (Å²) in [4.78, 5) is 32.3. The molecule has 7 nitrogen and oxygen atoms in total. The van der Waals surface area contributed by atoms with Gasteiger partial charge in [-0.2, -0.15) is 0 Å². The van der Waals surface area contributed by atoms with Crippen LogP contribution in [0.3, 0.4) is 0 Å². The molecule has 1 saturated heterocycles. The number of oxime groups is 1. The van der Waals surface area contributed by atoms with Crippen molar-refractivity contribution >= 4 is 17.5 Å². The van der Waals surface area contributed by atoms with Crippen LogP contribution in [0.25, 0.3) is 0 Å². The molecule has 0 spiro atoms. The van der Waals surface area contributed by atoms with Crippen molar-refractivity contribution < 1.29 is 24.6 Å². The minimum atomic E-state index is -1.04. The van der Waals surface area contributed by atoms with Gasteiger partial charge in [0.15, 0.2) is 0 Å². The highest BCUT2D eigenvalue weighted by atomic mass is 16.6. The number of carbonyl (C=O) groups excluding carboxylic acids is 2. The van der Waals surface area contributed by atoms with Gasteiger partial charge in [0, 0.05) is 24.8 Å². The molecule has 0 unspecified atom stereocenters. The Morgan fingerprint density at radius 1 is 1.13 bits per heavy atom. The normalized spacial score (nSPS) is 34.6. The van der Waals surface area contributed by atoms with Gasteiger partial charge in [-0.3, -0.25) is 14.5 Å². The van der Waals surface area contributed by atoms with Crippen LogP contribution in [0.5, 0.6) is 0 Å². The zero-order valence-electron chi connectivity index (χ0n) is 19.1. The van der Waals surface area contributed by atoms with Gasteiger partial charge in [-0.1, -0.05) is 22.4 Å². The molecule has 1 aliphatic heterocycles. The van der Waals surface area contributed by atoms with Gasteiger partial charge < -0.3 is 15.1 Å². The third-order valence-electron chi connectivity index (χ3n) is 6.97. The van der Waals surface area contributed by atoms with E-state index in [1.165, 1.54) is 16.0 Å². The Kier molecular flexibility index (Phi) is 7.70. The molecule has 3 fully saturated rings. The minimum absolute atomic E-state index is 0.147. The molecule has 6 atom stereocenters. The van der Waals surface area contributed by atoms with Crippen LogP contribution in [-0.2, 0) is 14.4 Å². The number of hydrogen-bond acceptors (Lipinski definition) is 6. The van der Waals surface area contributed by atoms with Crippen molar-refractivity contribution in [1.29, 1.82) is 0 Å². The van der Waals surface area contributed by atoms with Crippen molar-refractivity contribution in [3.8, 4) is 0 Å². The van der Waals surface area contributed by atoms with Gasteiger partial charge in [0.05, 0.1) is 29.8 Å². The number of carbonyl (C=O) groups is 2. The summed E-state index contributed by atoms with van der Waals surface area (Å²) in [6.45, 7) is 8.70. The number of aliphatic hydroxyl groups excluding tert-OH is 2. The highest BCUT2D eigenvalue weighted by molar-refractivity contribution is 6.06. The Bertz CT molecular complexity index is 783. The van der Waals surface area contributed by atoms with Crippen LogP contribution in [-0.4, -0.2) is 58.0 Å². The molecule has 2 N–H and O–H groups in total. The van der Waals surface area contributed by atoms with Crippen molar-refractivity contribution in [3.63, 3.8) is 0 Å². The Labute approximate surface area is 184 Å². The van der Waals surface area contributed by atoms with Crippen LogP contribution >= 0.6 is 0 Å². The standard InChI is InChI=1S/C24H36N2O5/c1-5-26-23(29)17-10-9-16-18(13-19(27)22(28)20(16)21(17)24(26)30)25-31-12-11-15(4)8-6-7-14(2)3/h7,11,16-17,19-22,27-28H,5-6,8-10,12-13H2,1-4H3/t16-,17+,19+,20-,21+,22+/m0/s1. The molecule has 1 heterocycles. The van der Waals surface area contributed by atoms with E-state index < -0.39 is 30.0 Å². The fourth-order valence-electron chi connectivity index (χ4n) is 5.34. The van der Waals surface area contributed by atoms with E-state index in [0.717, 1.165) is 12.8 Å². The summed E-state index contributed by atoms with van der Waals surface area (Å²) in [6.07, 6.45) is 5.60. The monoisotopic (exact) mass is 432 g/mol. The summed E-state index contributed by atoms with van der Waals surface area (Å²) in [5, 5.41) is 25.5. The summed E-state index contributed by atoms with van der Waals surface area (Å²) in [5.74, 6) is -2.02. The van der Waals surface area contributed by atoms with E-state index in [9.17, 15) is 19.8 Å². The highest BCUT2D eigenvalue weighted by Gasteiger charge is 2.59. The van der Waals surface area contributed by atoms with Crippen LogP contribution in [0.4, 0.5) is 0 Å². The van der Waals surface area contributed by atoms with E-state index in [4.69, 9.17) is 4.84 Å². The first-order chi connectivity index (χ1) is 14.8. The first-order valence-electron chi connectivity index (χ1n) is 11.4. The summed E-state index contributed by atoms with van der Waals surface area (Å²) in [6, 6.07) is 0. The molecule has 2 saturated carbocycles. The smallest absolute Gasteiger partial charge is 0.233 e. The molecular formula is C24H36N2O5. The predicted molar refractivity (Wildman–Crippen MR) is 118 cm³/mol. The van der Waals surface area contributed by atoms with Crippen LogP contribution < -0.4 is 0 Å². The second-order valence-electron chi connectivity index (χ2n) is 9.33. The molecular weight excluding hydrogens is 396 g/mol. The molecule has 3 rings (SSSR count). The fourth-order valence-corrected chi connectivity index (χ4v) is 5.34. The van der Waals surface area contributed by atoms with E-state index in [1.54, 1.807) is 6.92 Å². The number of amides is 2. The lowest BCUT2D eigenvalue weighted by atomic mass is 9.60. The van der Waals surface area contributed by atoms with Gasteiger partial charge in [-0.15, -0.1) is 0 Å². The Hall–Kier alpha value is -1.99. The number of fused-ring (bicyclic) bond motifs is 3. The zero-order valence-corrected chi connectivity index (χ0v) is 19.1. The summed E-state index contributed by atoms with van der Waals surface area (Å²) in [7, 11) is 0. The SMILES string of the molecule is CCN1C(=O)[C@H]2[C@H]3[C@H](O)[C@H](O)CC(=NOCC=C(C)CCC=C(C)C)[C@@H]3CC[C@H]2C1=O. The molecule has 0 bridgehead atoms. The number of hydrogen-bond donors (Lipinski definition) is 2. The van der Waals surface area contributed by atoms with E-state index in [-0.39, 0.29) is 24.2 Å². The number of allylic oxidation sites excluding steroid dienone is 3. The second-order valence-corrected chi connectivity index (χ2v) is 9.33. The molecule has 0 aromatic rings. The van der Waals surface area contributed by atoms with Gasteiger partial charge >= 0.3 is 0 Å². The maximum atomic E-state index is 12.9. The van der Waals surface area contributed by atoms with Gasteiger partial charge in [0.25, 0.3) is 0 Å². The number of aliphatic hydroxyl groups is 2. The average Bonchev–Trinajstić information content (AvgIpc) is 2.97. The maximum Gasteiger partial charge on any atom is 0.233 e. The van der Waals surface area contributed by atoms with Gasteiger partial charge in [0.2, 0.25) is 11.8 Å². The number of nitrogens with zero attached hydrogens (tertiary/aromatic N) is 2. The summed E-state index contributed by atoms with van der Waals surface area (Å²) in [5.41, 5.74) is 3.22. The molecule has 0 aromatic carbocycles. The molecule has 7 heteroatoms. The van der Waals surface area contributed by atoms with E-state index in [1.807, 2.05) is 6.08 Å². The van der Waals surface area contributed by atoms with E-state index in [2.05, 4.69) is 32.0 Å². The van der Waals surface area contributed by atoms with Gasteiger partial charge in [-0.05, 0) is 59.5 Å². The number of imide groups is 1. The summed E-state index contributed by atoms with van der Waals surface area (Å²) >= 11 is 0. The molecule has 2 amide bonds. The molecule has 172 valence electrons. The maximum absolute atomic E-state index is 12.9. The molecule has 2 aliphatic carbocycles. The second kappa shape index (κ2) is 10.1. The van der Waals surface area contributed by atoms with Gasteiger partial charge in [0.1, 0.15) is 6.61 Å². The Balaban J connectivity index is 1.69. The quantitative estimate of drug-likeness (QED) is 0.279. The lowest BCUT2D eigenvalue weighted by Gasteiger charge is -2.45. The summed E-state index contributed by atoms with van der Waals surface area (Å²) < 4.78 is 0. The molecule has 0 aromatic heterocycles. The van der Waals surface area contributed by atoms with Crippen molar-refractivity contribution in [2.75, 3.05) is 13.2 Å². The van der Waals surface area contributed by atoms with Gasteiger partial charge in [-0.25, -0.2) is 0 Å². The highest BCUT2D eigenvalue weighted by Crippen LogP contribution is 2.49. The van der Waals surface area contributed by atoms with E-state index in [0.29, 0.717) is 31.7 Å². The number of rotatable bonds is 7. The van der Waals surface area contributed by atoms with Crippen molar-refractivity contribution in [2.24, 2.45) is 28.8 Å². The molecule has 31 heavy (non-hydrogen) atoms. The fraction of sp³-hybridized carbons (Fsp3) is 0.708. The van der Waals surface area contributed by atoms with Crippen LogP contribution in [0.15, 0.2) is 28.5 Å². The Morgan fingerprint density at radius 3 is 2.52 bits per heavy atom. The van der Waals surface area contributed by atoms with Crippen LogP contribution in [0.1, 0.15) is 59.8 Å². The van der Waals surface area contributed by atoms with E-state index >= 15 is 0 Å². The predicted octanol–water partition coefficient (Wildman–Crippen LogP) is 2.82. The van der Waals surface area contributed by atoms with Crippen LogP contribution in [0, 0.1) is 23.7 Å². The average molecular weight is 433 g/mol. The zero-order chi connectivity index (χ0) is 22.7. The Morgan fingerprint density at radius 2 is 1.84 bits per heavy atom. The van der Waals surface area contributed by atoms with Crippen molar-refractivity contribution in [1.82, 2.24) is 4.90 Å². The third-order valence-corrected chi connectivity index (χ3v) is 6.97. The molecule has 0 radical (unpaired) electrons. The largest absolute Gasteiger partial charge is 0.392 e. The number of likely N-dealkylation sites (tertiary alicyclic amines) is 1.